The summed E-state index contributed by atoms with van der Waals surface area (Å²) in [5.41, 5.74) is 1.04. The van der Waals surface area contributed by atoms with E-state index in [1.54, 1.807) is 30.9 Å². The van der Waals surface area contributed by atoms with Gasteiger partial charge in [0.2, 0.25) is 0 Å². The lowest BCUT2D eigenvalue weighted by molar-refractivity contribution is -0.383. The number of benzene rings is 1. The van der Waals surface area contributed by atoms with Crippen LogP contribution < -0.4 is 4.90 Å². The van der Waals surface area contributed by atoms with E-state index in [-0.39, 0.29) is 16.5 Å². The Hall–Kier alpha value is -3.00. The van der Waals surface area contributed by atoms with Gasteiger partial charge in [0.1, 0.15) is 11.9 Å². The minimum Gasteiger partial charge on any atom is -0.385 e. The summed E-state index contributed by atoms with van der Waals surface area (Å²) in [5.74, 6) is 0.749. The number of anilines is 1. The quantitative estimate of drug-likeness (QED) is 0.551. The molecule has 1 aliphatic heterocycles. The zero-order valence-electron chi connectivity index (χ0n) is 14.1. The third kappa shape index (κ3) is 2.88. The molecule has 0 aliphatic carbocycles. The van der Waals surface area contributed by atoms with Crippen molar-refractivity contribution in [1.82, 2.24) is 15.0 Å². The molecule has 0 radical (unpaired) electrons. The summed E-state index contributed by atoms with van der Waals surface area (Å²) in [6.45, 7) is 1.55. The predicted molar refractivity (Wildman–Crippen MR) is 96.9 cm³/mol. The maximum atomic E-state index is 11.3. The van der Waals surface area contributed by atoms with E-state index in [4.69, 9.17) is 0 Å². The van der Waals surface area contributed by atoms with Gasteiger partial charge in [-0.25, -0.2) is 4.98 Å². The highest BCUT2D eigenvalue weighted by Crippen LogP contribution is 2.36. The third-order valence-electron chi connectivity index (χ3n) is 5.10. The predicted octanol–water partition coefficient (Wildman–Crippen LogP) is 2.82. The molecule has 8 heteroatoms. The van der Waals surface area contributed by atoms with Gasteiger partial charge >= 0.3 is 0 Å². The van der Waals surface area contributed by atoms with Crippen molar-refractivity contribution in [1.29, 1.82) is 0 Å². The molecular weight excluding hydrogens is 334 g/mol. The van der Waals surface area contributed by atoms with Crippen LogP contribution in [-0.2, 0) is 0 Å². The first-order valence-corrected chi connectivity index (χ1v) is 8.58. The van der Waals surface area contributed by atoms with Crippen LogP contribution in [0.15, 0.2) is 43.0 Å². The van der Waals surface area contributed by atoms with Crippen LogP contribution in [-0.4, -0.2) is 38.1 Å². The molecule has 1 aromatic carbocycles. The summed E-state index contributed by atoms with van der Waals surface area (Å²) in [6.07, 6.45) is 7.62. The van der Waals surface area contributed by atoms with E-state index in [9.17, 15) is 15.2 Å². The smallest absolute Gasteiger partial charge is 0.278 e. The van der Waals surface area contributed by atoms with Gasteiger partial charge in [-0.15, -0.1) is 0 Å². The summed E-state index contributed by atoms with van der Waals surface area (Å²) in [6, 6.07) is 5.17. The molecule has 4 rings (SSSR count). The summed E-state index contributed by atoms with van der Waals surface area (Å²) in [4.78, 5) is 24.3. The largest absolute Gasteiger partial charge is 0.385 e. The Morgan fingerprint density at radius 2 is 2.04 bits per heavy atom. The van der Waals surface area contributed by atoms with Crippen molar-refractivity contribution in [2.45, 2.75) is 18.9 Å². The van der Waals surface area contributed by atoms with Gasteiger partial charge in [0.25, 0.3) is 5.69 Å². The van der Waals surface area contributed by atoms with Crippen LogP contribution in [0.25, 0.3) is 10.8 Å². The fraction of sp³-hybridized carbons (Fsp3) is 0.333. The first-order chi connectivity index (χ1) is 12.6. The number of fused-ring (bicyclic) bond motifs is 1. The molecule has 8 nitrogen and oxygen atoms in total. The van der Waals surface area contributed by atoms with Gasteiger partial charge in [-0.1, -0.05) is 0 Å². The van der Waals surface area contributed by atoms with Gasteiger partial charge < -0.3 is 15.0 Å². The SMILES string of the molecule is O=[N+]([O-])c1ccc(N2CCC(C(O)c3ncc[nH]3)CC2)c2ccncc12. The maximum Gasteiger partial charge on any atom is 0.278 e. The van der Waals surface area contributed by atoms with Gasteiger partial charge in [-0.2, -0.15) is 0 Å². The molecule has 26 heavy (non-hydrogen) atoms. The number of aliphatic hydroxyl groups excluding tert-OH is 1. The van der Waals surface area contributed by atoms with E-state index >= 15 is 0 Å². The zero-order valence-corrected chi connectivity index (χ0v) is 14.1. The minimum atomic E-state index is -0.593. The second-order valence-corrected chi connectivity index (χ2v) is 6.53. The Morgan fingerprint density at radius 1 is 1.23 bits per heavy atom. The van der Waals surface area contributed by atoms with Crippen molar-refractivity contribution < 1.29 is 10.0 Å². The number of hydrogen-bond acceptors (Lipinski definition) is 6. The van der Waals surface area contributed by atoms with Crippen molar-refractivity contribution in [3.8, 4) is 0 Å². The number of aliphatic hydroxyl groups is 1. The highest BCUT2D eigenvalue weighted by atomic mass is 16.6. The number of imidazole rings is 1. The number of nitro benzene ring substituents is 1. The van der Waals surface area contributed by atoms with Gasteiger partial charge in [0, 0.05) is 55.0 Å². The molecule has 1 fully saturated rings. The summed E-state index contributed by atoms with van der Waals surface area (Å²) in [5, 5.41) is 23.1. The molecule has 0 spiro atoms. The molecule has 0 saturated carbocycles. The average Bonchev–Trinajstić information content (AvgIpc) is 3.21. The number of pyridine rings is 1. The lowest BCUT2D eigenvalue weighted by Crippen LogP contribution is -2.36. The Bertz CT molecular complexity index is 920. The first-order valence-electron chi connectivity index (χ1n) is 8.58. The van der Waals surface area contributed by atoms with Crippen molar-refractivity contribution in [3.63, 3.8) is 0 Å². The number of nitrogens with zero attached hydrogens (tertiary/aromatic N) is 4. The topological polar surface area (TPSA) is 108 Å². The van der Waals surface area contributed by atoms with E-state index in [1.165, 1.54) is 0 Å². The van der Waals surface area contributed by atoms with Crippen molar-refractivity contribution in [2.24, 2.45) is 5.92 Å². The van der Waals surface area contributed by atoms with Gasteiger partial charge in [-0.05, 0) is 30.9 Å². The standard InChI is InChI=1S/C18H19N5O3/c24-17(18-20-7-8-21-18)12-4-9-22(10-5-12)15-1-2-16(23(25)26)14-11-19-6-3-13(14)15/h1-3,6-8,11-12,17,24H,4-5,9-10H2,(H,20,21). The number of non-ortho nitro benzene ring substituents is 1. The molecular formula is C18H19N5O3. The van der Waals surface area contributed by atoms with Gasteiger partial charge in [-0.3, -0.25) is 15.1 Å². The van der Waals surface area contributed by atoms with E-state index in [2.05, 4.69) is 19.9 Å². The van der Waals surface area contributed by atoms with Crippen molar-refractivity contribution in [3.05, 3.63) is 58.9 Å². The number of nitrogens with one attached hydrogen (secondary N) is 1. The molecule has 1 saturated heterocycles. The molecule has 2 aromatic heterocycles. The van der Waals surface area contributed by atoms with Crippen LogP contribution in [0.1, 0.15) is 24.8 Å². The normalized spacial score (nSPS) is 16.7. The van der Waals surface area contributed by atoms with Crippen LogP contribution in [0.3, 0.4) is 0 Å². The molecule has 1 unspecified atom stereocenters. The second-order valence-electron chi connectivity index (χ2n) is 6.53. The average molecular weight is 353 g/mol. The second kappa shape index (κ2) is 6.72. The molecule has 1 aliphatic rings. The Kier molecular flexibility index (Phi) is 4.26. The minimum absolute atomic E-state index is 0.0694. The molecule has 0 bridgehead atoms. The fourth-order valence-electron chi connectivity index (χ4n) is 3.71. The number of hydrogen-bond donors (Lipinski definition) is 2. The monoisotopic (exact) mass is 353 g/mol. The van der Waals surface area contributed by atoms with Crippen LogP contribution in [0.4, 0.5) is 11.4 Å². The fourth-order valence-corrected chi connectivity index (χ4v) is 3.71. The molecule has 3 heterocycles. The zero-order chi connectivity index (χ0) is 18.1. The summed E-state index contributed by atoms with van der Waals surface area (Å²) in [7, 11) is 0. The van der Waals surface area contributed by atoms with E-state index in [0.717, 1.165) is 37.0 Å². The Balaban J connectivity index is 1.57. The number of aromatic amines is 1. The molecule has 3 aromatic rings. The van der Waals surface area contributed by atoms with Crippen molar-refractivity contribution in [2.75, 3.05) is 18.0 Å². The van der Waals surface area contributed by atoms with Crippen LogP contribution >= 0.6 is 0 Å². The number of nitro groups is 1. The molecule has 2 N–H and O–H groups in total. The lowest BCUT2D eigenvalue weighted by atomic mass is 9.90. The Labute approximate surface area is 149 Å². The maximum absolute atomic E-state index is 11.3. The number of piperidine rings is 1. The van der Waals surface area contributed by atoms with Crippen molar-refractivity contribution >= 4 is 22.1 Å². The van der Waals surface area contributed by atoms with Gasteiger partial charge in [0.15, 0.2) is 0 Å². The summed E-state index contributed by atoms with van der Waals surface area (Å²) >= 11 is 0. The lowest BCUT2D eigenvalue weighted by Gasteiger charge is -2.35. The number of rotatable bonds is 4. The van der Waals surface area contributed by atoms with Crippen LogP contribution in [0, 0.1) is 16.0 Å². The van der Waals surface area contributed by atoms with Gasteiger partial charge in [0.05, 0.1) is 10.3 Å². The third-order valence-corrected chi connectivity index (χ3v) is 5.10. The van der Waals surface area contributed by atoms with Crippen LogP contribution in [0.5, 0.6) is 0 Å². The Morgan fingerprint density at radius 3 is 2.73 bits per heavy atom. The molecule has 134 valence electrons. The number of aromatic nitrogens is 3. The van der Waals surface area contributed by atoms with E-state index < -0.39 is 6.10 Å². The molecule has 0 amide bonds. The van der Waals surface area contributed by atoms with E-state index in [1.807, 2.05) is 12.1 Å². The van der Waals surface area contributed by atoms with Crippen LogP contribution in [0.2, 0.25) is 0 Å². The summed E-state index contributed by atoms with van der Waals surface area (Å²) < 4.78 is 0. The molecule has 1 atom stereocenters. The highest BCUT2D eigenvalue weighted by molar-refractivity contribution is 5.99. The van der Waals surface area contributed by atoms with E-state index in [0.29, 0.717) is 11.2 Å². The first kappa shape index (κ1) is 16.5. The highest BCUT2D eigenvalue weighted by Gasteiger charge is 2.28. The number of H-pyrrole nitrogens is 1.